The van der Waals surface area contributed by atoms with E-state index in [0.717, 1.165) is 29.4 Å². The first-order valence-electron chi connectivity index (χ1n) is 8.94. The number of nitrogens with zero attached hydrogens (tertiary/aromatic N) is 3. The number of ether oxygens (including phenoxy) is 2. The van der Waals surface area contributed by atoms with Crippen LogP contribution in [0.5, 0.6) is 11.5 Å². The molecule has 1 N–H and O–H groups in total. The number of fused-ring (bicyclic) bond motifs is 1. The number of aromatic nitrogens is 3. The summed E-state index contributed by atoms with van der Waals surface area (Å²) < 4.78 is 13.4. The summed E-state index contributed by atoms with van der Waals surface area (Å²) in [4.78, 5) is 11.3. The maximum Gasteiger partial charge on any atom is 0.316 e. The van der Waals surface area contributed by atoms with Gasteiger partial charge in [0.2, 0.25) is 0 Å². The van der Waals surface area contributed by atoms with E-state index in [1.165, 1.54) is 0 Å². The molecule has 1 aliphatic heterocycles. The van der Waals surface area contributed by atoms with E-state index in [0.29, 0.717) is 35.7 Å². The van der Waals surface area contributed by atoms with Gasteiger partial charge >= 0.3 is 5.97 Å². The van der Waals surface area contributed by atoms with Gasteiger partial charge in [0, 0.05) is 17.7 Å². The largest absolute Gasteiger partial charge is 0.490 e. The van der Waals surface area contributed by atoms with Crippen LogP contribution in [0.25, 0.3) is 17.1 Å². The van der Waals surface area contributed by atoms with Crippen molar-refractivity contribution in [2.45, 2.75) is 23.8 Å². The van der Waals surface area contributed by atoms with E-state index in [2.05, 4.69) is 10.2 Å². The Balaban J connectivity index is 1.80. The van der Waals surface area contributed by atoms with Crippen LogP contribution in [0.1, 0.15) is 13.3 Å². The minimum absolute atomic E-state index is 0.517. The number of hydrogen-bond acceptors (Lipinski definition) is 6. The number of rotatable bonds is 5. The Labute approximate surface area is 166 Å². The zero-order chi connectivity index (χ0) is 19.5. The molecular formula is C20H19N3O4S. The molecule has 0 spiro atoms. The molecule has 0 bridgehead atoms. The summed E-state index contributed by atoms with van der Waals surface area (Å²) in [6, 6.07) is 15.3. The van der Waals surface area contributed by atoms with Crippen LogP contribution < -0.4 is 9.47 Å². The number of thioether (sulfide) groups is 1. The highest BCUT2D eigenvalue weighted by atomic mass is 32.2. The lowest BCUT2D eigenvalue weighted by molar-refractivity contribution is -0.136. The van der Waals surface area contributed by atoms with Crippen LogP contribution in [0, 0.1) is 0 Å². The van der Waals surface area contributed by atoms with Crippen molar-refractivity contribution in [3.63, 3.8) is 0 Å². The number of para-hydroxylation sites is 1. The Morgan fingerprint density at radius 2 is 1.86 bits per heavy atom. The molecule has 8 heteroatoms. The lowest BCUT2D eigenvalue weighted by Gasteiger charge is -2.13. The Kier molecular flexibility index (Phi) is 5.21. The molecule has 144 valence electrons. The second-order valence-electron chi connectivity index (χ2n) is 6.29. The van der Waals surface area contributed by atoms with E-state index in [4.69, 9.17) is 9.47 Å². The Morgan fingerprint density at radius 3 is 2.61 bits per heavy atom. The molecule has 0 unspecified atom stereocenters. The SMILES string of the molecule is C[C@@H](Sc1nnc(-c2ccc3c(c2)OCCCO3)n1-c1ccccc1)C(=O)O. The molecule has 4 rings (SSSR count). The first-order chi connectivity index (χ1) is 13.6. The van der Waals surface area contributed by atoms with E-state index in [9.17, 15) is 9.90 Å². The monoisotopic (exact) mass is 397 g/mol. The van der Waals surface area contributed by atoms with Gasteiger partial charge < -0.3 is 14.6 Å². The zero-order valence-corrected chi connectivity index (χ0v) is 16.1. The van der Waals surface area contributed by atoms with Gasteiger partial charge in [-0.05, 0) is 37.3 Å². The Bertz CT molecular complexity index is 990. The van der Waals surface area contributed by atoms with Crippen molar-refractivity contribution >= 4 is 17.7 Å². The first-order valence-corrected chi connectivity index (χ1v) is 9.82. The van der Waals surface area contributed by atoms with Gasteiger partial charge in [0.05, 0.1) is 13.2 Å². The predicted molar refractivity (Wildman–Crippen MR) is 105 cm³/mol. The summed E-state index contributed by atoms with van der Waals surface area (Å²) >= 11 is 1.15. The van der Waals surface area contributed by atoms with E-state index < -0.39 is 11.2 Å². The molecule has 0 saturated heterocycles. The third-order valence-corrected chi connectivity index (χ3v) is 5.31. The van der Waals surface area contributed by atoms with Gasteiger partial charge in [0.15, 0.2) is 22.5 Å². The van der Waals surface area contributed by atoms with Gasteiger partial charge in [-0.2, -0.15) is 0 Å². The fourth-order valence-corrected chi connectivity index (χ4v) is 3.66. The highest BCUT2D eigenvalue weighted by Crippen LogP contribution is 2.36. The van der Waals surface area contributed by atoms with Gasteiger partial charge in [0.1, 0.15) is 5.25 Å². The van der Waals surface area contributed by atoms with Gasteiger partial charge in [0.25, 0.3) is 0 Å². The lowest BCUT2D eigenvalue weighted by Crippen LogP contribution is -2.12. The number of carboxylic acids is 1. The number of carboxylic acid groups (broad SMARTS) is 1. The fraction of sp³-hybridized carbons (Fsp3) is 0.250. The van der Waals surface area contributed by atoms with Gasteiger partial charge in [-0.1, -0.05) is 30.0 Å². The molecule has 1 atom stereocenters. The highest BCUT2D eigenvalue weighted by Gasteiger charge is 2.22. The van der Waals surface area contributed by atoms with Crippen LogP contribution in [-0.2, 0) is 4.79 Å². The summed E-state index contributed by atoms with van der Waals surface area (Å²) in [5.74, 6) is 1.10. The second kappa shape index (κ2) is 7.93. The standard InChI is InChI=1S/C20H19N3O4S/c1-13(19(24)25)28-20-22-21-18(23(20)15-6-3-2-4-7-15)14-8-9-16-17(12-14)27-11-5-10-26-16/h2-4,6-9,12-13H,5,10-11H2,1H3,(H,24,25)/t13-/m1/s1. The summed E-state index contributed by atoms with van der Waals surface area (Å²) in [6.45, 7) is 2.85. The molecule has 0 aliphatic carbocycles. The smallest absolute Gasteiger partial charge is 0.316 e. The molecule has 2 aromatic carbocycles. The quantitative estimate of drug-likeness (QED) is 0.658. The molecule has 1 aromatic heterocycles. The number of hydrogen-bond donors (Lipinski definition) is 1. The van der Waals surface area contributed by atoms with Crippen LogP contribution in [0.2, 0.25) is 0 Å². The average molecular weight is 397 g/mol. The van der Waals surface area contributed by atoms with Crippen molar-refractivity contribution in [3.05, 3.63) is 48.5 Å². The number of aliphatic carboxylic acids is 1. The maximum atomic E-state index is 11.3. The molecule has 28 heavy (non-hydrogen) atoms. The summed E-state index contributed by atoms with van der Waals surface area (Å²) in [6.07, 6.45) is 0.831. The Hall–Kier alpha value is -3.00. The maximum absolute atomic E-state index is 11.3. The van der Waals surface area contributed by atoms with Crippen molar-refractivity contribution in [3.8, 4) is 28.6 Å². The third kappa shape index (κ3) is 3.68. The molecule has 7 nitrogen and oxygen atoms in total. The number of benzene rings is 2. The van der Waals surface area contributed by atoms with Crippen LogP contribution in [0.4, 0.5) is 0 Å². The predicted octanol–water partition coefficient (Wildman–Crippen LogP) is 3.66. The molecule has 1 aliphatic rings. The van der Waals surface area contributed by atoms with Gasteiger partial charge in [-0.3, -0.25) is 9.36 Å². The van der Waals surface area contributed by atoms with Crippen LogP contribution in [0.3, 0.4) is 0 Å². The molecule has 0 fully saturated rings. The van der Waals surface area contributed by atoms with Crippen molar-refractivity contribution in [1.29, 1.82) is 0 Å². The number of carbonyl (C=O) groups is 1. The molecule has 0 saturated carbocycles. The third-order valence-electron chi connectivity index (χ3n) is 4.28. The normalized spacial score (nSPS) is 14.3. The second-order valence-corrected chi connectivity index (χ2v) is 7.60. The van der Waals surface area contributed by atoms with E-state index in [1.54, 1.807) is 6.92 Å². The molecule has 3 aromatic rings. The molecule has 0 radical (unpaired) electrons. The highest BCUT2D eigenvalue weighted by molar-refractivity contribution is 8.00. The summed E-state index contributed by atoms with van der Waals surface area (Å²) in [5.41, 5.74) is 1.67. The van der Waals surface area contributed by atoms with Crippen LogP contribution >= 0.6 is 11.8 Å². The minimum Gasteiger partial charge on any atom is -0.490 e. The molecule has 2 heterocycles. The zero-order valence-electron chi connectivity index (χ0n) is 15.2. The fourth-order valence-electron chi connectivity index (χ4n) is 2.85. The van der Waals surface area contributed by atoms with E-state index in [1.807, 2.05) is 53.1 Å². The van der Waals surface area contributed by atoms with Crippen LogP contribution in [0.15, 0.2) is 53.7 Å². The topological polar surface area (TPSA) is 86.5 Å². The minimum atomic E-state index is -0.898. The summed E-state index contributed by atoms with van der Waals surface area (Å²) in [5, 5.41) is 17.8. The van der Waals surface area contributed by atoms with Crippen molar-refractivity contribution < 1.29 is 19.4 Å². The average Bonchev–Trinajstić information content (AvgIpc) is 2.97. The molecular weight excluding hydrogens is 378 g/mol. The van der Waals surface area contributed by atoms with E-state index >= 15 is 0 Å². The first kappa shape index (κ1) is 18.4. The van der Waals surface area contributed by atoms with Crippen molar-refractivity contribution in [2.75, 3.05) is 13.2 Å². The van der Waals surface area contributed by atoms with Crippen LogP contribution in [-0.4, -0.2) is 44.3 Å². The van der Waals surface area contributed by atoms with Crippen molar-refractivity contribution in [2.24, 2.45) is 0 Å². The molecule has 0 amide bonds. The Morgan fingerprint density at radius 1 is 1.11 bits per heavy atom. The summed E-state index contributed by atoms with van der Waals surface area (Å²) in [7, 11) is 0. The van der Waals surface area contributed by atoms with Crippen molar-refractivity contribution in [1.82, 2.24) is 14.8 Å². The van der Waals surface area contributed by atoms with E-state index in [-0.39, 0.29) is 0 Å². The lowest BCUT2D eigenvalue weighted by atomic mass is 10.2. The van der Waals surface area contributed by atoms with Gasteiger partial charge in [-0.15, -0.1) is 10.2 Å². The van der Waals surface area contributed by atoms with Gasteiger partial charge in [-0.25, -0.2) is 0 Å².